The average molecular weight is 613 g/mol. The highest BCUT2D eigenvalue weighted by atomic mass is 19.1. The van der Waals surface area contributed by atoms with Crippen LogP contribution in [0.3, 0.4) is 0 Å². The van der Waals surface area contributed by atoms with Crippen molar-refractivity contribution in [1.29, 1.82) is 0 Å². The molecule has 0 aliphatic heterocycles. The van der Waals surface area contributed by atoms with Crippen molar-refractivity contribution in [2.45, 2.75) is 0 Å². The average Bonchev–Trinajstić information content (AvgIpc) is 3.09. The van der Waals surface area contributed by atoms with E-state index in [4.69, 9.17) is 8.83 Å². The first kappa shape index (κ1) is 28.9. The molecule has 5 aromatic carbocycles. The third kappa shape index (κ3) is 6.19. The summed E-state index contributed by atoms with van der Waals surface area (Å²) in [5, 5.41) is 0. The minimum atomic E-state index is -0.354. The summed E-state index contributed by atoms with van der Waals surface area (Å²) in [7, 11) is 0. The van der Waals surface area contributed by atoms with E-state index in [9.17, 15) is 17.6 Å². The van der Waals surface area contributed by atoms with Crippen LogP contribution in [0.5, 0.6) is 0 Å². The molecule has 0 N–H and O–H groups in total. The fraction of sp³-hybridized carbons (Fsp3) is 0. The topological polar surface area (TPSA) is 22.6 Å². The van der Waals surface area contributed by atoms with Gasteiger partial charge in [-0.05, 0) is 108 Å². The van der Waals surface area contributed by atoms with Crippen molar-refractivity contribution in [3.05, 3.63) is 169 Å². The molecular formula is C40H24F4O2+2. The molecule has 0 saturated heterocycles. The van der Waals surface area contributed by atoms with Crippen molar-refractivity contribution < 1.29 is 26.4 Å². The van der Waals surface area contributed by atoms with Crippen molar-refractivity contribution in [3.8, 4) is 67.5 Å². The summed E-state index contributed by atoms with van der Waals surface area (Å²) in [6, 6.07) is 39.6. The fourth-order valence-electron chi connectivity index (χ4n) is 5.22. The van der Waals surface area contributed by atoms with E-state index in [1.54, 1.807) is 48.5 Å². The molecule has 2 heterocycles. The van der Waals surface area contributed by atoms with E-state index in [2.05, 4.69) is 0 Å². The molecule has 0 amide bonds. The molecular weight excluding hydrogens is 588 g/mol. The number of hydrogen-bond donors (Lipinski definition) is 0. The van der Waals surface area contributed by atoms with Gasteiger partial charge in [0, 0.05) is 11.1 Å². The quantitative estimate of drug-likeness (QED) is 0.138. The van der Waals surface area contributed by atoms with Crippen LogP contribution in [-0.2, 0) is 0 Å². The van der Waals surface area contributed by atoms with Gasteiger partial charge in [-0.15, -0.1) is 0 Å². The van der Waals surface area contributed by atoms with E-state index < -0.39 is 0 Å². The molecule has 0 saturated carbocycles. The molecule has 7 aromatic rings. The lowest BCUT2D eigenvalue weighted by molar-refractivity contribution is 0.580. The van der Waals surface area contributed by atoms with Crippen LogP contribution in [0, 0.1) is 23.3 Å². The van der Waals surface area contributed by atoms with Gasteiger partial charge in [0.15, 0.2) is 0 Å². The Morgan fingerprint density at radius 1 is 0.239 bits per heavy atom. The lowest BCUT2D eigenvalue weighted by Crippen LogP contribution is -1.88. The van der Waals surface area contributed by atoms with Gasteiger partial charge in [0.2, 0.25) is 0 Å². The van der Waals surface area contributed by atoms with Crippen LogP contribution in [0.25, 0.3) is 67.5 Å². The maximum absolute atomic E-state index is 13.7. The molecule has 46 heavy (non-hydrogen) atoms. The van der Waals surface area contributed by atoms with Gasteiger partial charge < -0.3 is 0 Å². The van der Waals surface area contributed by atoms with Gasteiger partial charge in [0.25, 0.3) is 0 Å². The largest absolute Gasteiger partial charge is 0.361 e. The summed E-state index contributed by atoms with van der Waals surface area (Å²) < 4.78 is 67.1. The Morgan fingerprint density at radius 2 is 0.435 bits per heavy atom. The Kier molecular flexibility index (Phi) is 7.69. The van der Waals surface area contributed by atoms with Gasteiger partial charge in [0.1, 0.15) is 23.3 Å². The fourth-order valence-corrected chi connectivity index (χ4v) is 5.22. The van der Waals surface area contributed by atoms with Gasteiger partial charge in [-0.2, -0.15) is 0 Å². The normalized spacial score (nSPS) is 11.0. The lowest BCUT2D eigenvalue weighted by atomic mass is 9.97. The summed E-state index contributed by atoms with van der Waals surface area (Å²) in [5.74, 6) is 0.691. The molecule has 2 nitrogen and oxygen atoms in total. The minimum absolute atomic E-state index is 0.354. The molecule has 0 spiro atoms. The van der Waals surface area contributed by atoms with E-state index >= 15 is 0 Å². The zero-order chi connectivity index (χ0) is 31.6. The smallest absolute Gasteiger partial charge is 0.207 e. The Hall–Kier alpha value is -5.88. The molecule has 0 atom stereocenters. The Morgan fingerprint density at radius 3 is 0.652 bits per heavy atom. The number of hydrogen-bond acceptors (Lipinski definition) is 0. The molecule has 2 aromatic heterocycles. The van der Waals surface area contributed by atoms with Crippen molar-refractivity contribution in [2.24, 2.45) is 0 Å². The molecule has 6 heteroatoms. The van der Waals surface area contributed by atoms with Gasteiger partial charge in [-0.25, -0.2) is 26.4 Å². The van der Waals surface area contributed by atoms with Crippen LogP contribution in [-0.4, -0.2) is 0 Å². The van der Waals surface area contributed by atoms with E-state index in [-0.39, 0.29) is 23.3 Å². The molecule has 0 unspecified atom stereocenters. The number of halogens is 4. The summed E-state index contributed by atoms with van der Waals surface area (Å²) in [4.78, 5) is 0. The van der Waals surface area contributed by atoms with E-state index in [0.29, 0.717) is 45.3 Å². The predicted molar refractivity (Wildman–Crippen MR) is 172 cm³/mol. The van der Waals surface area contributed by atoms with Crippen molar-refractivity contribution in [2.75, 3.05) is 0 Å². The van der Waals surface area contributed by atoms with Crippen LogP contribution in [0.1, 0.15) is 0 Å². The first-order chi connectivity index (χ1) is 22.4. The van der Waals surface area contributed by atoms with Gasteiger partial charge in [-0.1, -0.05) is 24.3 Å². The third-order valence-corrected chi connectivity index (χ3v) is 7.65. The summed E-state index contributed by atoms with van der Waals surface area (Å²) in [6.07, 6.45) is 0. The summed E-state index contributed by atoms with van der Waals surface area (Å²) in [5.41, 5.74) is 6.25. The highest BCUT2D eigenvalue weighted by Gasteiger charge is 2.23. The van der Waals surface area contributed by atoms with Crippen LogP contribution >= 0.6 is 0 Å². The van der Waals surface area contributed by atoms with E-state index in [1.165, 1.54) is 48.5 Å². The predicted octanol–water partition coefficient (Wildman–Crippen LogP) is 12.0. The van der Waals surface area contributed by atoms with Crippen molar-refractivity contribution >= 4 is 0 Å². The molecule has 0 aliphatic rings. The molecule has 7 rings (SSSR count). The second-order valence-electron chi connectivity index (χ2n) is 10.8. The Bertz CT molecular complexity index is 1860. The third-order valence-electron chi connectivity index (χ3n) is 7.65. The van der Waals surface area contributed by atoms with Crippen LogP contribution < -0.4 is 0 Å². The molecule has 0 radical (unpaired) electrons. The SMILES string of the molecule is Fc1ccc(-c2cc(-c3ccc(-c4cc(-c5ccc(F)cc5)[o+]c(-c5ccc(F)cc5)c4)cc3)cc(-c3ccc(F)cc3)[o+]2)cc1. The first-order valence-corrected chi connectivity index (χ1v) is 14.5. The van der Waals surface area contributed by atoms with Gasteiger partial charge in [-0.3, -0.25) is 0 Å². The van der Waals surface area contributed by atoms with Gasteiger partial charge in [0.05, 0.1) is 46.5 Å². The maximum Gasteiger partial charge on any atom is 0.361 e. The second-order valence-corrected chi connectivity index (χ2v) is 10.8. The molecule has 0 fully saturated rings. The summed E-state index contributed by atoms with van der Waals surface area (Å²) in [6.45, 7) is 0. The van der Waals surface area contributed by atoms with Gasteiger partial charge >= 0.3 is 23.0 Å². The van der Waals surface area contributed by atoms with Crippen molar-refractivity contribution in [3.63, 3.8) is 0 Å². The number of benzene rings is 5. The monoisotopic (exact) mass is 612 g/mol. The standard InChI is InChI=1S/C40H24F4O2/c41-33-13-5-27(6-14-33)37-21-31(22-38(45-37)28-7-15-34(42)16-8-28)25-1-2-26(4-3-25)32-23-39(29-9-17-35(43)18-10-29)46-40(24-32)30-11-19-36(44)20-12-30/h1-24H/q+2. The van der Waals surface area contributed by atoms with Crippen LogP contribution in [0.4, 0.5) is 17.6 Å². The minimum Gasteiger partial charge on any atom is -0.207 e. The first-order valence-electron chi connectivity index (χ1n) is 14.5. The van der Waals surface area contributed by atoms with E-state index in [0.717, 1.165) is 22.3 Å². The zero-order valence-corrected chi connectivity index (χ0v) is 24.2. The second kappa shape index (κ2) is 12.3. The maximum atomic E-state index is 13.7. The summed E-state index contributed by atoms with van der Waals surface area (Å²) >= 11 is 0. The Balaban J connectivity index is 1.30. The highest BCUT2D eigenvalue weighted by molar-refractivity contribution is 5.79. The van der Waals surface area contributed by atoms with E-state index in [1.807, 2.05) is 48.5 Å². The highest BCUT2D eigenvalue weighted by Crippen LogP contribution is 2.36. The molecule has 0 bridgehead atoms. The molecule has 0 aliphatic carbocycles. The van der Waals surface area contributed by atoms with Crippen LogP contribution in [0.2, 0.25) is 0 Å². The Labute approximate surface area is 262 Å². The molecule has 222 valence electrons. The zero-order valence-electron chi connectivity index (χ0n) is 24.2. The number of rotatable bonds is 6. The lowest BCUT2D eigenvalue weighted by Gasteiger charge is -2.06. The van der Waals surface area contributed by atoms with Crippen LogP contribution in [0.15, 0.2) is 154 Å². The van der Waals surface area contributed by atoms with Crippen molar-refractivity contribution in [1.82, 2.24) is 0 Å².